The van der Waals surface area contributed by atoms with Crippen LogP contribution in [0, 0.1) is 6.92 Å². The van der Waals surface area contributed by atoms with Crippen LogP contribution >= 0.6 is 11.8 Å². The molecule has 100 valence electrons. The summed E-state index contributed by atoms with van der Waals surface area (Å²) in [4.78, 5) is 0. The van der Waals surface area contributed by atoms with Crippen LogP contribution in [0.15, 0.2) is 24.3 Å². The summed E-state index contributed by atoms with van der Waals surface area (Å²) < 4.78 is 0. The summed E-state index contributed by atoms with van der Waals surface area (Å²) in [5, 5.41) is 4.69. The standard InChI is InChI=1S/C16H25NS/c1-12-4-6-14(7-5-12)13(2)17-15-8-10-16(18-3)11-9-15/h4-7,13,15-17H,8-11H2,1-3H3. The third-order valence-corrected chi connectivity index (χ3v) is 5.21. The Morgan fingerprint density at radius 3 is 2.28 bits per heavy atom. The molecule has 18 heavy (non-hydrogen) atoms. The molecule has 0 aliphatic heterocycles. The molecule has 1 unspecified atom stereocenters. The number of nitrogens with one attached hydrogen (secondary N) is 1. The van der Waals surface area contributed by atoms with Gasteiger partial charge in [-0.15, -0.1) is 0 Å². The molecule has 0 heterocycles. The quantitative estimate of drug-likeness (QED) is 0.868. The zero-order valence-corrected chi connectivity index (χ0v) is 12.6. The number of hydrogen-bond acceptors (Lipinski definition) is 2. The fourth-order valence-corrected chi connectivity index (χ4v) is 3.51. The molecular weight excluding hydrogens is 238 g/mol. The molecule has 0 saturated heterocycles. The first kappa shape index (κ1) is 14.0. The number of benzene rings is 1. The Kier molecular flexibility index (Phi) is 5.13. The van der Waals surface area contributed by atoms with Crippen molar-refractivity contribution < 1.29 is 0 Å². The summed E-state index contributed by atoms with van der Waals surface area (Å²) in [6.45, 7) is 4.43. The number of aryl methyl sites for hydroxylation is 1. The molecule has 0 bridgehead atoms. The van der Waals surface area contributed by atoms with Crippen molar-refractivity contribution in [2.75, 3.05) is 6.26 Å². The largest absolute Gasteiger partial charge is 0.307 e. The van der Waals surface area contributed by atoms with Gasteiger partial charge in [0.1, 0.15) is 0 Å². The van der Waals surface area contributed by atoms with Crippen molar-refractivity contribution in [3.63, 3.8) is 0 Å². The van der Waals surface area contributed by atoms with Gasteiger partial charge < -0.3 is 5.32 Å². The molecule has 2 heteroatoms. The first-order valence-corrected chi connectivity index (χ1v) is 8.33. The molecule has 1 nitrogen and oxygen atoms in total. The maximum Gasteiger partial charge on any atom is 0.0294 e. The van der Waals surface area contributed by atoms with Crippen LogP contribution in [0.3, 0.4) is 0 Å². The molecule has 1 aliphatic carbocycles. The molecular formula is C16H25NS. The highest BCUT2D eigenvalue weighted by molar-refractivity contribution is 7.99. The molecule has 0 spiro atoms. The summed E-state index contributed by atoms with van der Waals surface area (Å²) in [5.41, 5.74) is 2.75. The van der Waals surface area contributed by atoms with Gasteiger partial charge in [-0.1, -0.05) is 29.8 Å². The van der Waals surface area contributed by atoms with Crippen molar-refractivity contribution in [3.05, 3.63) is 35.4 Å². The fourth-order valence-electron chi connectivity index (χ4n) is 2.77. The summed E-state index contributed by atoms with van der Waals surface area (Å²) in [7, 11) is 0. The Balaban J connectivity index is 1.84. The molecule has 1 aromatic rings. The highest BCUT2D eigenvalue weighted by atomic mass is 32.2. The molecule has 1 saturated carbocycles. The predicted molar refractivity (Wildman–Crippen MR) is 82.3 cm³/mol. The lowest BCUT2D eigenvalue weighted by Crippen LogP contribution is -2.35. The van der Waals surface area contributed by atoms with E-state index in [0.29, 0.717) is 12.1 Å². The van der Waals surface area contributed by atoms with Crippen molar-refractivity contribution in [2.45, 2.75) is 56.9 Å². The summed E-state index contributed by atoms with van der Waals surface area (Å²) >= 11 is 2.04. The monoisotopic (exact) mass is 263 g/mol. The van der Waals surface area contributed by atoms with Crippen molar-refractivity contribution >= 4 is 11.8 Å². The number of rotatable bonds is 4. The molecule has 1 aromatic carbocycles. The van der Waals surface area contributed by atoms with Gasteiger partial charge in [-0.2, -0.15) is 11.8 Å². The zero-order valence-electron chi connectivity index (χ0n) is 11.8. The molecule has 2 rings (SSSR count). The zero-order chi connectivity index (χ0) is 13.0. The average Bonchev–Trinajstić information content (AvgIpc) is 2.40. The maximum atomic E-state index is 3.79. The Hall–Kier alpha value is -0.470. The van der Waals surface area contributed by atoms with E-state index in [2.05, 4.69) is 49.7 Å². The molecule has 0 radical (unpaired) electrons. The van der Waals surface area contributed by atoms with E-state index in [1.165, 1.54) is 36.8 Å². The van der Waals surface area contributed by atoms with E-state index in [-0.39, 0.29) is 0 Å². The lowest BCUT2D eigenvalue weighted by molar-refractivity contribution is 0.352. The minimum atomic E-state index is 0.474. The number of hydrogen-bond donors (Lipinski definition) is 1. The van der Waals surface area contributed by atoms with Crippen LogP contribution < -0.4 is 5.32 Å². The van der Waals surface area contributed by atoms with E-state index in [1.54, 1.807) is 0 Å². The third kappa shape index (κ3) is 3.76. The fraction of sp³-hybridized carbons (Fsp3) is 0.625. The lowest BCUT2D eigenvalue weighted by atomic mass is 9.93. The van der Waals surface area contributed by atoms with E-state index in [4.69, 9.17) is 0 Å². The van der Waals surface area contributed by atoms with E-state index in [0.717, 1.165) is 5.25 Å². The maximum absolute atomic E-state index is 3.79. The second kappa shape index (κ2) is 6.63. The minimum absolute atomic E-state index is 0.474. The van der Waals surface area contributed by atoms with Gasteiger partial charge in [-0.3, -0.25) is 0 Å². The van der Waals surface area contributed by atoms with Crippen LogP contribution in [0.25, 0.3) is 0 Å². The van der Waals surface area contributed by atoms with E-state index >= 15 is 0 Å². The van der Waals surface area contributed by atoms with Crippen molar-refractivity contribution in [3.8, 4) is 0 Å². The SMILES string of the molecule is CSC1CCC(NC(C)c2ccc(C)cc2)CC1. The van der Waals surface area contributed by atoms with Crippen LogP contribution in [0.5, 0.6) is 0 Å². The predicted octanol–water partition coefficient (Wildman–Crippen LogP) is 4.32. The minimum Gasteiger partial charge on any atom is -0.307 e. The van der Waals surface area contributed by atoms with Crippen LogP contribution in [-0.4, -0.2) is 17.5 Å². The molecule has 1 atom stereocenters. The number of thioether (sulfide) groups is 1. The second-order valence-electron chi connectivity index (χ2n) is 5.51. The molecule has 0 amide bonds. The van der Waals surface area contributed by atoms with Gasteiger partial charge in [0.2, 0.25) is 0 Å². The molecule has 1 N–H and O–H groups in total. The molecule has 0 aromatic heterocycles. The van der Waals surface area contributed by atoms with Gasteiger partial charge >= 0.3 is 0 Å². The van der Waals surface area contributed by atoms with E-state index < -0.39 is 0 Å². The average molecular weight is 263 g/mol. The summed E-state index contributed by atoms with van der Waals surface area (Å²) in [6, 6.07) is 10.1. The van der Waals surface area contributed by atoms with Gasteiger partial charge in [0.25, 0.3) is 0 Å². The first-order chi connectivity index (χ1) is 8.69. The Bertz CT molecular complexity index is 352. The summed E-state index contributed by atoms with van der Waals surface area (Å²) in [6.07, 6.45) is 7.66. The Labute approximate surface area is 116 Å². The third-order valence-electron chi connectivity index (χ3n) is 4.07. The highest BCUT2D eigenvalue weighted by Gasteiger charge is 2.21. The van der Waals surface area contributed by atoms with Gasteiger partial charge in [0, 0.05) is 17.3 Å². The highest BCUT2D eigenvalue weighted by Crippen LogP contribution is 2.28. The van der Waals surface area contributed by atoms with Gasteiger partial charge in [0.05, 0.1) is 0 Å². The normalized spacial score (nSPS) is 25.9. The van der Waals surface area contributed by atoms with Gasteiger partial charge in [-0.25, -0.2) is 0 Å². The first-order valence-electron chi connectivity index (χ1n) is 7.04. The van der Waals surface area contributed by atoms with Crippen molar-refractivity contribution in [1.29, 1.82) is 0 Å². The summed E-state index contributed by atoms with van der Waals surface area (Å²) in [5.74, 6) is 0. The molecule has 1 aliphatic rings. The van der Waals surface area contributed by atoms with Crippen LogP contribution in [0.2, 0.25) is 0 Å². The van der Waals surface area contributed by atoms with Crippen molar-refractivity contribution in [2.24, 2.45) is 0 Å². The second-order valence-corrected chi connectivity index (χ2v) is 6.65. The smallest absolute Gasteiger partial charge is 0.0294 e. The van der Waals surface area contributed by atoms with E-state index in [1.807, 2.05) is 11.8 Å². The van der Waals surface area contributed by atoms with Crippen LogP contribution in [0.1, 0.15) is 49.8 Å². The van der Waals surface area contributed by atoms with Gasteiger partial charge in [0.15, 0.2) is 0 Å². The van der Waals surface area contributed by atoms with Crippen LogP contribution in [-0.2, 0) is 0 Å². The van der Waals surface area contributed by atoms with Gasteiger partial charge in [-0.05, 0) is 51.3 Å². The lowest BCUT2D eigenvalue weighted by Gasteiger charge is -2.30. The topological polar surface area (TPSA) is 12.0 Å². The van der Waals surface area contributed by atoms with Crippen LogP contribution in [0.4, 0.5) is 0 Å². The Morgan fingerprint density at radius 2 is 1.72 bits per heavy atom. The van der Waals surface area contributed by atoms with Crippen molar-refractivity contribution in [1.82, 2.24) is 5.32 Å². The Morgan fingerprint density at radius 1 is 1.11 bits per heavy atom. The molecule has 1 fully saturated rings. The van der Waals surface area contributed by atoms with E-state index in [9.17, 15) is 0 Å².